The maximum absolute atomic E-state index is 13.2. The van der Waals surface area contributed by atoms with Crippen molar-refractivity contribution in [3.63, 3.8) is 0 Å². The molecule has 1 unspecified atom stereocenters. The summed E-state index contributed by atoms with van der Waals surface area (Å²) < 4.78 is 39.7. The van der Waals surface area contributed by atoms with Crippen LogP contribution in [0.25, 0.3) is 0 Å². The number of carbonyl (C=O) groups excluding carboxylic acids is 3. The Kier molecular flexibility index (Phi) is 7.40. The number of halogens is 3. The number of carbonyl (C=O) groups is 3. The second-order valence-corrected chi connectivity index (χ2v) is 10.1. The fourth-order valence-corrected chi connectivity index (χ4v) is 5.56. The number of hydrogen-bond donors (Lipinski definition) is 0. The minimum absolute atomic E-state index is 0.0317. The van der Waals surface area contributed by atoms with Crippen LogP contribution in [0.15, 0.2) is 51.6 Å². The van der Waals surface area contributed by atoms with Crippen LogP contribution in [0.1, 0.15) is 37.4 Å². The Balaban J connectivity index is 1.65. The highest BCUT2D eigenvalue weighted by Gasteiger charge is 2.42. The van der Waals surface area contributed by atoms with Crippen molar-refractivity contribution in [1.29, 1.82) is 0 Å². The summed E-state index contributed by atoms with van der Waals surface area (Å²) in [6.07, 6.45) is -4.45. The number of amides is 3. The summed E-state index contributed by atoms with van der Waals surface area (Å²) in [7, 11) is 3.21. The van der Waals surface area contributed by atoms with Gasteiger partial charge in [0, 0.05) is 52.9 Å². The van der Waals surface area contributed by atoms with Crippen molar-refractivity contribution in [2.45, 2.75) is 32.5 Å². The molecular formula is C25H28F3N5O3S. The van der Waals surface area contributed by atoms with Crippen LogP contribution in [0.4, 0.5) is 13.2 Å². The average molecular weight is 536 g/mol. The fourth-order valence-electron chi connectivity index (χ4n) is 4.59. The third-order valence-electron chi connectivity index (χ3n) is 6.60. The van der Waals surface area contributed by atoms with E-state index in [1.807, 2.05) is 0 Å². The Morgan fingerprint density at radius 3 is 2.19 bits per heavy atom. The number of alkyl halides is 3. The quantitative estimate of drug-likeness (QED) is 0.591. The number of thioether (sulfide) groups is 1. The maximum Gasteiger partial charge on any atom is 0.416 e. The monoisotopic (exact) mass is 535 g/mol. The molecule has 1 aromatic rings. The average Bonchev–Trinajstić information content (AvgIpc) is 3.24. The Hall–Kier alpha value is -3.28. The lowest BCUT2D eigenvalue weighted by molar-refractivity contribution is -0.138. The molecule has 1 atom stereocenters. The molecular weight excluding hydrogens is 507 g/mol. The third-order valence-corrected chi connectivity index (χ3v) is 7.49. The van der Waals surface area contributed by atoms with Crippen LogP contribution in [0.5, 0.6) is 0 Å². The van der Waals surface area contributed by atoms with Crippen molar-refractivity contribution in [1.82, 2.24) is 19.6 Å². The summed E-state index contributed by atoms with van der Waals surface area (Å²) in [5.74, 6) is -0.474. The summed E-state index contributed by atoms with van der Waals surface area (Å²) >= 11 is 1.31. The zero-order chi connectivity index (χ0) is 27.1. The van der Waals surface area contributed by atoms with Gasteiger partial charge in [-0.25, -0.2) is 4.99 Å². The van der Waals surface area contributed by atoms with Gasteiger partial charge in [-0.2, -0.15) is 13.2 Å². The lowest BCUT2D eigenvalue weighted by atomic mass is 9.92. The van der Waals surface area contributed by atoms with Crippen molar-refractivity contribution in [2.75, 3.05) is 40.3 Å². The summed E-state index contributed by atoms with van der Waals surface area (Å²) in [4.78, 5) is 49.2. The number of allylic oxidation sites excluding steroid dienone is 1. The SMILES string of the molecule is CC(=O)N1CCN(C(=O)CC2=CSC3=NC(C)=C(C(=O)N(C)C)C(c4ccc(C(F)(F)F)cc4)N23)CC1. The van der Waals surface area contributed by atoms with E-state index in [1.54, 1.807) is 41.1 Å². The van der Waals surface area contributed by atoms with Gasteiger partial charge in [-0.05, 0) is 30.0 Å². The summed E-state index contributed by atoms with van der Waals surface area (Å²) in [5, 5.41) is 2.36. The zero-order valence-corrected chi connectivity index (χ0v) is 21.8. The molecule has 8 nitrogen and oxygen atoms in total. The van der Waals surface area contributed by atoms with Gasteiger partial charge in [0.1, 0.15) is 0 Å². The van der Waals surface area contributed by atoms with Gasteiger partial charge in [-0.1, -0.05) is 23.9 Å². The van der Waals surface area contributed by atoms with Gasteiger partial charge in [0.05, 0.1) is 29.3 Å². The first-order valence-electron chi connectivity index (χ1n) is 11.7. The number of benzene rings is 1. The van der Waals surface area contributed by atoms with E-state index in [-0.39, 0.29) is 24.1 Å². The van der Waals surface area contributed by atoms with Crippen molar-refractivity contribution in [2.24, 2.45) is 4.99 Å². The normalized spacial score (nSPS) is 20.0. The number of nitrogens with zero attached hydrogens (tertiary/aromatic N) is 5. The predicted octanol–water partition coefficient (Wildman–Crippen LogP) is 3.45. The van der Waals surface area contributed by atoms with E-state index in [0.29, 0.717) is 53.9 Å². The highest BCUT2D eigenvalue weighted by molar-refractivity contribution is 8.16. The van der Waals surface area contributed by atoms with Gasteiger partial charge in [0.25, 0.3) is 5.91 Å². The smallest absolute Gasteiger partial charge is 0.345 e. The van der Waals surface area contributed by atoms with Gasteiger partial charge in [0.2, 0.25) is 11.8 Å². The van der Waals surface area contributed by atoms with Crippen molar-refractivity contribution < 1.29 is 27.6 Å². The minimum atomic E-state index is -4.49. The first kappa shape index (κ1) is 26.8. The lowest BCUT2D eigenvalue weighted by Gasteiger charge is -2.38. The standard InChI is InChI=1S/C25H28F3N5O3S/c1-15-21(23(36)30(3)4)22(17-5-7-18(8-6-17)25(26,27)28)33-19(14-37-24(33)29-15)13-20(35)32-11-9-31(10-12-32)16(2)34/h5-8,14,22H,9-13H2,1-4H3. The summed E-state index contributed by atoms with van der Waals surface area (Å²) in [5.41, 5.74) is 1.13. The van der Waals surface area contributed by atoms with Gasteiger partial charge in [0.15, 0.2) is 5.17 Å². The van der Waals surface area contributed by atoms with E-state index in [2.05, 4.69) is 4.99 Å². The molecule has 0 bridgehead atoms. The van der Waals surface area contributed by atoms with Crippen LogP contribution < -0.4 is 0 Å². The highest BCUT2D eigenvalue weighted by atomic mass is 32.2. The molecule has 0 aromatic heterocycles. The summed E-state index contributed by atoms with van der Waals surface area (Å²) in [6.45, 7) is 4.97. The van der Waals surface area contributed by atoms with E-state index in [9.17, 15) is 27.6 Å². The molecule has 1 saturated heterocycles. The van der Waals surface area contributed by atoms with Gasteiger partial charge < -0.3 is 19.6 Å². The Morgan fingerprint density at radius 1 is 1.05 bits per heavy atom. The van der Waals surface area contributed by atoms with Crippen LogP contribution in [-0.2, 0) is 20.6 Å². The number of likely N-dealkylation sites (N-methyl/N-ethyl adjacent to an activating group) is 1. The maximum atomic E-state index is 13.2. The van der Waals surface area contributed by atoms with E-state index in [4.69, 9.17) is 0 Å². The second-order valence-electron chi connectivity index (χ2n) is 9.28. The van der Waals surface area contributed by atoms with Gasteiger partial charge in [-0.15, -0.1) is 0 Å². The van der Waals surface area contributed by atoms with Crippen LogP contribution >= 0.6 is 11.8 Å². The topological polar surface area (TPSA) is 76.5 Å². The zero-order valence-electron chi connectivity index (χ0n) is 21.0. The van der Waals surface area contributed by atoms with Gasteiger partial charge in [-0.3, -0.25) is 14.4 Å². The highest BCUT2D eigenvalue weighted by Crippen LogP contribution is 2.45. The predicted molar refractivity (Wildman–Crippen MR) is 134 cm³/mol. The first-order valence-corrected chi connectivity index (χ1v) is 12.6. The molecule has 3 amide bonds. The second kappa shape index (κ2) is 10.2. The molecule has 3 aliphatic rings. The van der Waals surface area contributed by atoms with Crippen molar-refractivity contribution in [3.05, 3.63) is 57.8 Å². The number of hydrogen-bond acceptors (Lipinski definition) is 6. The lowest BCUT2D eigenvalue weighted by Crippen LogP contribution is -2.50. The molecule has 0 radical (unpaired) electrons. The summed E-state index contributed by atoms with van der Waals surface area (Å²) in [6, 6.07) is 4.00. The van der Waals surface area contributed by atoms with Crippen LogP contribution in [0.3, 0.4) is 0 Å². The molecule has 0 spiro atoms. The number of amidine groups is 1. The molecule has 12 heteroatoms. The number of rotatable bonds is 4. The molecule has 198 valence electrons. The number of piperazine rings is 1. The molecule has 1 aromatic carbocycles. The molecule has 3 aliphatic heterocycles. The third kappa shape index (κ3) is 5.39. The fraction of sp³-hybridized carbons (Fsp3) is 0.440. The van der Waals surface area contributed by atoms with Crippen molar-refractivity contribution >= 4 is 34.7 Å². The Labute approximate surface area is 217 Å². The molecule has 1 fully saturated rings. The largest absolute Gasteiger partial charge is 0.416 e. The number of fused-ring (bicyclic) bond motifs is 1. The Bertz CT molecular complexity index is 1200. The number of aliphatic imine (C=N–C) groups is 1. The molecule has 0 N–H and O–H groups in total. The first-order chi connectivity index (χ1) is 17.4. The van der Waals surface area contributed by atoms with E-state index >= 15 is 0 Å². The molecule has 0 aliphatic carbocycles. The molecule has 3 heterocycles. The van der Waals surface area contributed by atoms with E-state index < -0.39 is 17.8 Å². The van der Waals surface area contributed by atoms with Crippen LogP contribution in [-0.4, -0.2) is 82.8 Å². The van der Waals surface area contributed by atoms with Gasteiger partial charge >= 0.3 is 6.18 Å². The van der Waals surface area contributed by atoms with Crippen molar-refractivity contribution in [3.8, 4) is 0 Å². The Morgan fingerprint density at radius 2 is 1.65 bits per heavy atom. The molecule has 0 saturated carbocycles. The molecule has 37 heavy (non-hydrogen) atoms. The van der Waals surface area contributed by atoms with E-state index in [1.165, 1.54) is 35.7 Å². The minimum Gasteiger partial charge on any atom is -0.345 e. The van der Waals surface area contributed by atoms with E-state index in [0.717, 1.165) is 12.1 Å². The van der Waals surface area contributed by atoms with Crippen LogP contribution in [0, 0.1) is 0 Å². The molecule has 4 rings (SSSR count). The van der Waals surface area contributed by atoms with Crippen LogP contribution in [0.2, 0.25) is 0 Å².